The molecule has 0 nitrogen and oxygen atoms in total. The van der Waals surface area contributed by atoms with Crippen LogP contribution in [0.2, 0.25) is 0 Å². The van der Waals surface area contributed by atoms with E-state index in [-0.39, 0.29) is 5.41 Å². The molecule has 1 aromatic carbocycles. The van der Waals surface area contributed by atoms with Crippen molar-refractivity contribution in [3.05, 3.63) is 64.8 Å². The molecular weight excluding hydrogens is 168 g/mol. The smallest absolute Gasteiger partial charge is 0.0425 e. The van der Waals surface area contributed by atoms with Crippen LogP contribution in [-0.4, -0.2) is 0 Å². The van der Waals surface area contributed by atoms with Gasteiger partial charge in [0.25, 0.3) is 0 Å². The van der Waals surface area contributed by atoms with E-state index in [1.807, 2.05) is 0 Å². The second kappa shape index (κ2) is 1.93. The van der Waals surface area contributed by atoms with Gasteiger partial charge in [-0.3, -0.25) is 0 Å². The van der Waals surface area contributed by atoms with Crippen LogP contribution in [0.5, 0.6) is 0 Å². The van der Waals surface area contributed by atoms with Gasteiger partial charge in [0.15, 0.2) is 0 Å². The maximum absolute atomic E-state index is 2.35. The van der Waals surface area contributed by atoms with E-state index in [2.05, 4.69) is 48.6 Å². The quantitative estimate of drug-likeness (QED) is 0.573. The van der Waals surface area contributed by atoms with Gasteiger partial charge in [0.1, 0.15) is 0 Å². The van der Waals surface area contributed by atoms with Gasteiger partial charge in [0.05, 0.1) is 0 Å². The maximum atomic E-state index is 2.35. The van der Waals surface area contributed by atoms with Gasteiger partial charge in [-0.15, -0.1) is 0 Å². The second-order valence-corrected chi connectivity index (χ2v) is 4.38. The van der Waals surface area contributed by atoms with Crippen molar-refractivity contribution in [3.8, 4) is 0 Å². The Morgan fingerprint density at radius 3 is 3.00 bits per heavy atom. The molecular formula is C14H10. The molecule has 0 fully saturated rings. The summed E-state index contributed by atoms with van der Waals surface area (Å²) >= 11 is 0. The minimum Gasteiger partial charge on any atom is -0.0693 e. The number of allylic oxidation sites excluding steroid dienone is 5. The van der Waals surface area contributed by atoms with Gasteiger partial charge >= 0.3 is 0 Å². The number of benzene rings is 1. The van der Waals surface area contributed by atoms with Gasteiger partial charge in [-0.1, -0.05) is 48.6 Å². The standard InChI is InChI=1S/C14H10/c1-2-6-14-9-10-4-5-13(14)8-11(10)7-12(14)3-1/h1-8H,9H2. The third-order valence-electron chi connectivity index (χ3n) is 3.72. The molecule has 4 bridgehead atoms. The average Bonchev–Trinajstić information content (AvgIpc) is 2.26. The lowest BCUT2D eigenvalue weighted by atomic mass is 9.60. The highest BCUT2D eigenvalue weighted by molar-refractivity contribution is 5.75. The first-order valence-corrected chi connectivity index (χ1v) is 5.10. The zero-order valence-corrected chi connectivity index (χ0v) is 7.83. The Balaban J connectivity index is 2.18. The van der Waals surface area contributed by atoms with Crippen molar-refractivity contribution in [2.24, 2.45) is 0 Å². The van der Waals surface area contributed by atoms with Gasteiger partial charge in [0.2, 0.25) is 0 Å². The molecule has 0 aliphatic heterocycles. The predicted octanol–water partition coefficient (Wildman–Crippen LogP) is 3.00. The summed E-state index contributed by atoms with van der Waals surface area (Å²) < 4.78 is 0. The van der Waals surface area contributed by atoms with E-state index in [1.54, 1.807) is 0 Å². The molecule has 1 atom stereocenters. The second-order valence-electron chi connectivity index (χ2n) is 4.38. The van der Waals surface area contributed by atoms with E-state index >= 15 is 0 Å². The lowest BCUT2D eigenvalue weighted by Crippen LogP contribution is -2.36. The zero-order chi connectivity index (χ0) is 9.17. The fourth-order valence-electron chi connectivity index (χ4n) is 2.96. The first-order chi connectivity index (χ1) is 6.88. The predicted molar refractivity (Wildman–Crippen MR) is 58.1 cm³/mol. The van der Waals surface area contributed by atoms with E-state index in [0.717, 1.165) is 0 Å². The Hall–Kier alpha value is -1.56. The largest absolute Gasteiger partial charge is 0.0693 e. The van der Waals surface area contributed by atoms with E-state index in [0.29, 0.717) is 0 Å². The summed E-state index contributed by atoms with van der Waals surface area (Å²) in [6.07, 6.45) is 12.4. The molecule has 5 aliphatic rings. The van der Waals surface area contributed by atoms with Crippen molar-refractivity contribution in [1.29, 1.82) is 0 Å². The molecule has 6 rings (SSSR count). The van der Waals surface area contributed by atoms with Crippen LogP contribution in [0.1, 0.15) is 16.7 Å². The van der Waals surface area contributed by atoms with Crippen molar-refractivity contribution in [2.45, 2.75) is 11.8 Å². The first-order valence-electron chi connectivity index (χ1n) is 5.10. The van der Waals surface area contributed by atoms with Crippen LogP contribution < -0.4 is 0 Å². The Morgan fingerprint density at radius 2 is 2.14 bits per heavy atom. The van der Waals surface area contributed by atoms with E-state index in [1.165, 1.54) is 28.7 Å². The molecule has 0 saturated carbocycles. The van der Waals surface area contributed by atoms with Gasteiger partial charge < -0.3 is 0 Å². The van der Waals surface area contributed by atoms with Crippen molar-refractivity contribution in [3.63, 3.8) is 0 Å². The molecule has 0 N–H and O–H groups in total. The van der Waals surface area contributed by atoms with Gasteiger partial charge in [-0.25, -0.2) is 0 Å². The summed E-state index contributed by atoms with van der Waals surface area (Å²) in [5.74, 6) is 0. The maximum Gasteiger partial charge on any atom is 0.0425 e. The molecule has 5 aliphatic carbocycles. The summed E-state index contributed by atoms with van der Waals surface area (Å²) in [5, 5.41) is 0. The third-order valence-corrected chi connectivity index (χ3v) is 3.72. The molecule has 0 radical (unpaired) electrons. The number of rotatable bonds is 0. The zero-order valence-electron chi connectivity index (χ0n) is 7.83. The fraction of sp³-hybridized carbons (Fsp3) is 0.143. The minimum absolute atomic E-state index is 0.209. The number of fused-ring (bicyclic) bond motifs is 1. The third kappa shape index (κ3) is 0.569. The summed E-state index contributed by atoms with van der Waals surface area (Å²) in [6, 6.07) is 6.89. The number of hydrogen-bond donors (Lipinski definition) is 0. The van der Waals surface area contributed by atoms with E-state index in [4.69, 9.17) is 0 Å². The molecule has 0 heteroatoms. The van der Waals surface area contributed by atoms with Crippen LogP contribution in [0.25, 0.3) is 6.08 Å². The van der Waals surface area contributed by atoms with Crippen molar-refractivity contribution >= 4 is 6.08 Å². The van der Waals surface area contributed by atoms with Crippen LogP contribution in [-0.2, 0) is 11.8 Å². The molecule has 14 heavy (non-hydrogen) atoms. The summed E-state index contributed by atoms with van der Waals surface area (Å²) in [6.45, 7) is 0. The van der Waals surface area contributed by atoms with Crippen LogP contribution in [0, 0.1) is 0 Å². The number of hydrogen-bond acceptors (Lipinski definition) is 0. The summed E-state index contributed by atoms with van der Waals surface area (Å²) in [5.41, 5.74) is 6.09. The van der Waals surface area contributed by atoms with E-state index in [9.17, 15) is 0 Å². The van der Waals surface area contributed by atoms with E-state index < -0.39 is 0 Å². The van der Waals surface area contributed by atoms with Gasteiger partial charge in [0, 0.05) is 5.41 Å². The molecule has 0 amide bonds. The highest BCUT2D eigenvalue weighted by Gasteiger charge is 2.41. The normalized spacial score (nSPS) is 29.3. The SMILES string of the molecule is C1=CC2=Cc3cc4ccc3CC24C=C1. The summed E-state index contributed by atoms with van der Waals surface area (Å²) in [7, 11) is 0. The molecule has 66 valence electrons. The van der Waals surface area contributed by atoms with Gasteiger partial charge in [-0.2, -0.15) is 0 Å². The van der Waals surface area contributed by atoms with Crippen LogP contribution in [0.4, 0.5) is 0 Å². The van der Waals surface area contributed by atoms with Crippen LogP contribution in [0.3, 0.4) is 0 Å². The van der Waals surface area contributed by atoms with Crippen molar-refractivity contribution in [2.75, 3.05) is 0 Å². The molecule has 0 aromatic heterocycles. The molecule has 1 spiro atoms. The molecule has 1 unspecified atom stereocenters. The minimum atomic E-state index is 0.209. The Labute approximate surface area is 83.3 Å². The van der Waals surface area contributed by atoms with Crippen LogP contribution >= 0.6 is 0 Å². The lowest BCUT2D eigenvalue weighted by molar-refractivity contribution is 0.606. The topological polar surface area (TPSA) is 0 Å². The molecule has 0 heterocycles. The highest BCUT2D eigenvalue weighted by atomic mass is 14.4. The lowest BCUT2D eigenvalue weighted by Gasteiger charge is -2.43. The fourth-order valence-corrected chi connectivity index (χ4v) is 2.96. The Bertz CT molecular complexity index is 529. The average molecular weight is 178 g/mol. The van der Waals surface area contributed by atoms with Crippen molar-refractivity contribution < 1.29 is 0 Å². The first kappa shape index (κ1) is 6.83. The van der Waals surface area contributed by atoms with Crippen LogP contribution in [0.15, 0.2) is 48.1 Å². The molecule has 1 aromatic rings. The Morgan fingerprint density at radius 1 is 1.14 bits per heavy atom. The molecule has 0 saturated heterocycles. The monoisotopic (exact) mass is 178 g/mol. The Kier molecular flexibility index (Phi) is 0.940. The highest BCUT2D eigenvalue weighted by Crippen LogP contribution is 2.49. The van der Waals surface area contributed by atoms with Gasteiger partial charge in [-0.05, 0) is 28.7 Å². The van der Waals surface area contributed by atoms with Crippen molar-refractivity contribution in [1.82, 2.24) is 0 Å². The summed E-state index contributed by atoms with van der Waals surface area (Å²) in [4.78, 5) is 0.